The van der Waals surface area contributed by atoms with Crippen molar-refractivity contribution in [1.82, 2.24) is 4.98 Å². The van der Waals surface area contributed by atoms with Crippen LogP contribution in [0.1, 0.15) is 5.56 Å². The van der Waals surface area contributed by atoms with Crippen molar-refractivity contribution in [3.63, 3.8) is 0 Å². The Morgan fingerprint density at radius 2 is 2.05 bits per heavy atom. The molecule has 0 radical (unpaired) electrons. The van der Waals surface area contributed by atoms with E-state index in [0.717, 1.165) is 0 Å². The third kappa shape index (κ3) is 3.23. The monoisotopic (exact) mass is 376 g/mol. The van der Waals surface area contributed by atoms with E-state index in [1.54, 1.807) is 6.92 Å². The summed E-state index contributed by atoms with van der Waals surface area (Å²) in [5.74, 6) is 0.0927. The summed E-state index contributed by atoms with van der Waals surface area (Å²) in [6, 6.07) is 5.75. The number of phenolic OH excluding ortho intramolecular Hbond substituents is 1. The first-order chi connectivity index (χ1) is 9.29. The van der Waals surface area contributed by atoms with Gasteiger partial charge in [0.15, 0.2) is 0 Å². The predicted octanol–water partition coefficient (Wildman–Crippen LogP) is 3.31. The Morgan fingerprint density at radius 3 is 2.70 bits per heavy atom. The number of aryl methyl sites for hydroxylation is 1. The highest BCUT2D eigenvalue weighted by Gasteiger charge is 2.19. The average Bonchev–Trinajstić information content (AvgIpc) is 2.36. The van der Waals surface area contributed by atoms with E-state index in [1.807, 2.05) is 0 Å². The quantitative estimate of drug-likeness (QED) is 0.635. The number of nitrogens with zero attached hydrogens (tertiary/aromatic N) is 1. The Bertz CT molecular complexity index is 765. The highest BCUT2D eigenvalue weighted by Crippen LogP contribution is 2.26. The van der Waals surface area contributed by atoms with E-state index in [4.69, 9.17) is 11.6 Å². The standard InChI is InChI=1S/C12H10BrClN2O3S/c1-7-4-9(2-3-10(7)17)16-20(18,19)11-5-8(13)6-15-12(11)14/h2-6,16-17H,1H3. The molecule has 0 unspecified atom stereocenters. The lowest BCUT2D eigenvalue weighted by atomic mass is 10.2. The molecule has 2 N–H and O–H groups in total. The highest BCUT2D eigenvalue weighted by atomic mass is 79.9. The van der Waals surface area contributed by atoms with Gasteiger partial charge in [-0.3, -0.25) is 4.72 Å². The first-order valence-corrected chi connectivity index (χ1v) is 8.08. The van der Waals surface area contributed by atoms with E-state index >= 15 is 0 Å². The number of benzene rings is 1. The van der Waals surface area contributed by atoms with Crippen LogP contribution in [-0.4, -0.2) is 18.5 Å². The van der Waals surface area contributed by atoms with Crippen molar-refractivity contribution in [2.45, 2.75) is 11.8 Å². The summed E-state index contributed by atoms with van der Waals surface area (Å²) in [5.41, 5.74) is 0.889. The first-order valence-electron chi connectivity index (χ1n) is 5.43. The van der Waals surface area contributed by atoms with E-state index in [2.05, 4.69) is 25.6 Å². The van der Waals surface area contributed by atoms with Gasteiger partial charge in [-0.15, -0.1) is 0 Å². The maximum atomic E-state index is 12.3. The van der Waals surface area contributed by atoms with Crippen LogP contribution < -0.4 is 4.72 Å². The summed E-state index contributed by atoms with van der Waals surface area (Å²) in [6.45, 7) is 1.67. The lowest BCUT2D eigenvalue weighted by Crippen LogP contribution is -2.14. The lowest BCUT2D eigenvalue weighted by Gasteiger charge is -2.10. The maximum absolute atomic E-state index is 12.3. The molecule has 0 saturated heterocycles. The van der Waals surface area contributed by atoms with Gasteiger partial charge in [0.1, 0.15) is 15.8 Å². The van der Waals surface area contributed by atoms with Crippen molar-refractivity contribution in [3.8, 4) is 5.75 Å². The van der Waals surface area contributed by atoms with E-state index in [9.17, 15) is 13.5 Å². The van der Waals surface area contributed by atoms with Crippen molar-refractivity contribution in [3.05, 3.63) is 45.7 Å². The van der Waals surface area contributed by atoms with Crippen molar-refractivity contribution in [2.24, 2.45) is 0 Å². The zero-order valence-electron chi connectivity index (χ0n) is 10.3. The second-order valence-corrected chi connectivity index (χ2v) is 6.97. The molecule has 2 aromatic rings. The first kappa shape index (κ1) is 15.1. The van der Waals surface area contributed by atoms with Crippen LogP contribution in [0.15, 0.2) is 39.8 Å². The molecule has 20 heavy (non-hydrogen) atoms. The second-order valence-electron chi connectivity index (χ2n) is 4.05. The van der Waals surface area contributed by atoms with E-state index in [1.165, 1.54) is 30.5 Å². The predicted molar refractivity (Wildman–Crippen MR) is 80.6 cm³/mol. The summed E-state index contributed by atoms with van der Waals surface area (Å²) in [5, 5.41) is 9.31. The van der Waals surface area contributed by atoms with Gasteiger partial charge in [-0.05, 0) is 52.7 Å². The molecule has 1 aromatic carbocycles. The Morgan fingerprint density at radius 1 is 1.35 bits per heavy atom. The normalized spacial score (nSPS) is 11.3. The van der Waals surface area contributed by atoms with Gasteiger partial charge >= 0.3 is 0 Å². The molecule has 0 aliphatic carbocycles. The summed E-state index contributed by atoms with van der Waals surface area (Å²) < 4.78 is 27.4. The van der Waals surface area contributed by atoms with E-state index < -0.39 is 10.0 Å². The number of anilines is 1. The highest BCUT2D eigenvalue weighted by molar-refractivity contribution is 9.10. The minimum absolute atomic E-state index is 0.0927. The van der Waals surface area contributed by atoms with Crippen LogP contribution in [-0.2, 0) is 10.0 Å². The SMILES string of the molecule is Cc1cc(NS(=O)(=O)c2cc(Br)cnc2Cl)ccc1O. The third-order valence-electron chi connectivity index (χ3n) is 2.51. The molecule has 8 heteroatoms. The number of sulfonamides is 1. The number of hydrogen-bond donors (Lipinski definition) is 2. The van der Waals surface area contributed by atoms with Crippen LogP contribution in [0.4, 0.5) is 5.69 Å². The number of phenols is 1. The number of pyridine rings is 1. The zero-order valence-corrected chi connectivity index (χ0v) is 13.4. The fourth-order valence-corrected chi connectivity index (χ4v) is 3.52. The van der Waals surface area contributed by atoms with Gasteiger partial charge in [-0.25, -0.2) is 13.4 Å². The molecule has 1 aromatic heterocycles. The van der Waals surface area contributed by atoms with Crippen molar-refractivity contribution in [2.75, 3.05) is 4.72 Å². The Hall–Kier alpha value is -1.31. The molecule has 0 saturated carbocycles. The number of halogens is 2. The molecule has 2 rings (SSSR count). The lowest BCUT2D eigenvalue weighted by molar-refractivity contribution is 0.471. The third-order valence-corrected chi connectivity index (χ3v) is 4.75. The molecule has 0 spiro atoms. The second kappa shape index (κ2) is 5.59. The van der Waals surface area contributed by atoms with Crippen molar-refractivity contribution >= 4 is 43.2 Å². The molecular formula is C12H10BrClN2O3S. The van der Waals surface area contributed by atoms with Gasteiger partial charge in [-0.1, -0.05) is 11.6 Å². The molecule has 0 aliphatic heterocycles. The van der Waals surface area contributed by atoms with Gasteiger partial charge in [0, 0.05) is 16.4 Å². The molecule has 0 atom stereocenters. The molecule has 0 aliphatic rings. The van der Waals surface area contributed by atoms with Gasteiger partial charge in [0.25, 0.3) is 10.0 Å². The molecule has 0 fully saturated rings. The molecular weight excluding hydrogens is 368 g/mol. The smallest absolute Gasteiger partial charge is 0.265 e. The van der Waals surface area contributed by atoms with Crippen LogP contribution in [0.25, 0.3) is 0 Å². The summed E-state index contributed by atoms with van der Waals surface area (Å²) in [6.07, 6.45) is 1.41. The van der Waals surface area contributed by atoms with Crippen LogP contribution in [0.3, 0.4) is 0 Å². The Balaban J connectivity index is 2.40. The molecule has 0 amide bonds. The minimum atomic E-state index is -3.85. The van der Waals surface area contributed by atoms with Gasteiger partial charge < -0.3 is 5.11 Å². The zero-order chi connectivity index (χ0) is 14.9. The molecule has 1 heterocycles. The average molecular weight is 378 g/mol. The number of aromatic nitrogens is 1. The number of hydrogen-bond acceptors (Lipinski definition) is 4. The fraction of sp³-hybridized carbons (Fsp3) is 0.0833. The minimum Gasteiger partial charge on any atom is -0.508 e. The van der Waals surface area contributed by atoms with Gasteiger partial charge in [-0.2, -0.15) is 0 Å². The van der Waals surface area contributed by atoms with E-state index in [0.29, 0.717) is 15.7 Å². The number of rotatable bonds is 3. The Labute approximate surface area is 129 Å². The largest absolute Gasteiger partial charge is 0.508 e. The topological polar surface area (TPSA) is 79.3 Å². The fourth-order valence-electron chi connectivity index (χ4n) is 1.52. The van der Waals surface area contributed by atoms with Crippen molar-refractivity contribution in [1.29, 1.82) is 0 Å². The molecule has 5 nitrogen and oxygen atoms in total. The van der Waals surface area contributed by atoms with Crippen LogP contribution >= 0.6 is 27.5 Å². The van der Waals surface area contributed by atoms with Gasteiger partial charge in [0.2, 0.25) is 0 Å². The summed E-state index contributed by atoms with van der Waals surface area (Å²) >= 11 is 8.96. The maximum Gasteiger partial charge on any atom is 0.265 e. The van der Waals surface area contributed by atoms with E-state index in [-0.39, 0.29) is 15.8 Å². The number of nitrogens with one attached hydrogen (secondary N) is 1. The summed E-state index contributed by atoms with van der Waals surface area (Å²) in [4.78, 5) is 3.65. The molecule has 106 valence electrons. The van der Waals surface area contributed by atoms with Crippen LogP contribution in [0, 0.1) is 6.92 Å². The van der Waals surface area contributed by atoms with Gasteiger partial charge in [0.05, 0.1) is 0 Å². The molecule has 0 bridgehead atoms. The van der Waals surface area contributed by atoms with Crippen molar-refractivity contribution < 1.29 is 13.5 Å². The summed E-state index contributed by atoms with van der Waals surface area (Å²) in [7, 11) is -3.85. The van der Waals surface area contributed by atoms with Crippen LogP contribution in [0.5, 0.6) is 5.75 Å². The number of aromatic hydroxyl groups is 1. The Kier molecular flexibility index (Phi) is 4.22. The van der Waals surface area contributed by atoms with Crippen LogP contribution in [0.2, 0.25) is 5.15 Å².